The van der Waals surface area contributed by atoms with Crippen LogP contribution in [0.25, 0.3) is 0 Å². The van der Waals surface area contributed by atoms with Crippen LogP contribution in [0.3, 0.4) is 0 Å². The third-order valence-electron chi connectivity index (χ3n) is 4.98. The molecule has 0 unspecified atom stereocenters. The fourth-order valence-corrected chi connectivity index (χ4v) is 3.04. The molecule has 2 N–H and O–H groups in total. The topological polar surface area (TPSA) is 91.2 Å². The molecule has 6 nitrogen and oxygen atoms in total. The predicted octanol–water partition coefficient (Wildman–Crippen LogP) is 4.71. The van der Waals surface area contributed by atoms with Crippen LogP contribution >= 0.6 is 0 Å². The molecule has 0 heterocycles. The number of carbonyl (C=O) groups is 2. The molecular weight excluding hydrogens is 378 g/mol. The number of nitrogens with one attached hydrogen (secondary N) is 2. The van der Waals surface area contributed by atoms with Crippen molar-refractivity contribution in [1.82, 2.24) is 0 Å². The summed E-state index contributed by atoms with van der Waals surface area (Å²) in [5.74, 6) is 0.712. The van der Waals surface area contributed by atoms with E-state index in [2.05, 4.69) is 10.6 Å². The van der Waals surface area contributed by atoms with Gasteiger partial charge in [-0.2, -0.15) is 5.26 Å². The maximum absolute atomic E-state index is 12.8. The average molecular weight is 397 g/mol. The van der Waals surface area contributed by atoms with Gasteiger partial charge in [-0.05, 0) is 73.5 Å². The van der Waals surface area contributed by atoms with Crippen molar-refractivity contribution in [3.63, 3.8) is 0 Å². The fourth-order valence-electron chi connectivity index (χ4n) is 3.04. The summed E-state index contributed by atoms with van der Waals surface area (Å²) in [5, 5.41) is 14.4. The summed E-state index contributed by atoms with van der Waals surface area (Å²) in [5.41, 5.74) is 0.595. The number of benzene rings is 3. The van der Waals surface area contributed by atoms with Gasteiger partial charge in [0.2, 0.25) is 11.8 Å². The number of rotatable bonds is 6. The van der Waals surface area contributed by atoms with Gasteiger partial charge in [0.25, 0.3) is 0 Å². The summed E-state index contributed by atoms with van der Waals surface area (Å²) in [6.45, 7) is 0. The Kier molecular flexibility index (Phi) is 5.19. The van der Waals surface area contributed by atoms with Gasteiger partial charge < -0.3 is 15.4 Å². The molecule has 0 aliphatic heterocycles. The molecule has 2 amide bonds. The second-order valence-corrected chi connectivity index (χ2v) is 7.12. The van der Waals surface area contributed by atoms with Crippen LogP contribution < -0.4 is 15.4 Å². The monoisotopic (exact) mass is 397 g/mol. The summed E-state index contributed by atoms with van der Waals surface area (Å²) in [6.07, 6.45) is 0.992. The quantitative estimate of drug-likeness (QED) is 0.590. The van der Waals surface area contributed by atoms with Crippen molar-refractivity contribution in [3.8, 4) is 17.6 Å². The van der Waals surface area contributed by atoms with Crippen molar-refractivity contribution in [2.24, 2.45) is 5.41 Å². The highest BCUT2D eigenvalue weighted by Gasteiger charge is 2.56. The van der Waals surface area contributed by atoms with Crippen LogP contribution in [0.1, 0.15) is 18.4 Å². The van der Waals surface area contributed by atoms with Crippen LogP contribution in [-0.2, 0) is 9.59 Å². The van der Waals surface area contributed by atoms with Gasteiger partial charge in [0.05, 0.1) is 11.6 Å². The first-order valence-electron chi connectivity index (χ1n) is 9.55. The minimum Gasteiger partial charge on any atom is -0.457 e. The van der Waals surface area contributed by atoms with Crippen molar-refractivity contribution >= 4 is 23.2 Å². The van der Waals surface area contributed by atoms with E-state index in [0.29, 0.717) is 35.5 Å². The first-order chi connectivity index (χ1) is 14.6. The van der Waals surface area contributed by atoms with Crippen molar-refractivity contribution in [1.29, 1.82) is 5.26 Å². The van der Waals surface area contributed by atoms with E-state index in [1.807, 2.05) is 36.4 Å². The molecule has 0 saturated heterocycles. The first-order valence-corrected chi connectivity index (χ1v) is 9.55. The maximum Gasteiger partial charge on any atom is 0.240 e. The van der Waals surface area contributed by atoms with E-state index < -0.39 is 5.41 Å². The van der Waals surface area contributed by atoms with E-state index in [1.165, 1.54) is 0 Å². The Bertz CT molecular complexity index is 1100. The number of nitrogens with zero attached hydrogens (tertiary/aromatic N) is 1. The van der Waals surface area contributed by atoms with E-state index in [0.717, 1.165) is 5.75 Å². The molecule has 148 valence electrons. The SMILES string of the molecule is N#Cc1ccc(NC(=O)C2(C(=O)Nc3ccc(Oc4ccccc4)cc3)CC2)cc1. The minimum atomic E-state index is -1.06. The average Bonchev–Trinajstić information content (AvgIpc) is 3.59. The molecule has 0 spiro atoms. The van der Waals surface area contributed by atoms with Gasteiger partial charge in [0, 0.05) is 11.4 Å². The zero-order valence-electron chi connectivity index (χ0n) is 16.1. The van der Waals surface area contributed by atoms with E-state index >= 15 is 0 Å². The van der Waals surface area contributed by atoms with E-state index in [4.69, 9.17) is 10.00 Å². The number of para-hydroxylation sites is 1. The van der Waals surface area contributed by atoms with Gasteiger partial charge in [0.1, 0.15) is 16.9 Å². The number of hydrogen-bond acceptors (Lipinski definition) is 4. The molecule has 6 heteroatoms. The number of hydrogen-bond donors (Lipinski definition) is 2. The predicted molar refractivity (Wildman–Crippen MR) is 113 cm³/mol. The summed E-state index contributed by atoms with van der Waals surface area (Å²) in [4.78, 5) is 25.4. The third-order valence-corrected chi connectivity index (χ3v) is 4.98. The van der Waals surface area contributed by atoms with Crippen LogP contribution in [0.15, 0.2) is 78.9 Å². The van der Waals surface area contributed by atoms with Crippen LogP contribution in [0.2, 0.25) is 0 Å². The third kappa shape index (κ3) is 4.15. The molecule has 0 bridgehead atoms. The minimum absolute atomic E-state index is 0.328. The van der Waals surface area contributed by atoms with Crippen molar-refractivity contribution in [2.75, 3.05) is 10.6 Å². The van der Waals surface area contributed by atoms with E-state index in [1.54, 1.807) is 48.5 Å². The zero-order valence-corrected chi connectivity index (χ0v) is 16.1. The van der Waals surface area contributed by atoms with Gasteiger partial charge in [-0.1, -0.05) is 18.2 Å². The van der Waals surface area contributed by atoms with E-state index in [-0.39, 0.29) is 11.8 Å². The second-order valence-electron chi connectivity index (χ2n) is 7.12. The molecular formula is C24H19N3O3. The van der Waals surface area contributed by atoms with Crippen LogP contribution in [0, 0.1) is 16.7 Å². The largest absolute Gasteiger partial charge is 0.457 e. The fraction of sp³-hybridized carbons (Fsp3) is 0.125. The van der Waals surface area contributed by atoms with Crippen LogP contribution in [-0.4, -0.2) is 11.8 Å². The maximum atomic E-state index is 12.8. The molecule has 3 aromatic rings. The van der Waals surface area contributed by atoms with Gasteiger partial charge in [-0.15, -0.1) is 0 Å². The molecule has 0 aromatic heterocycles. The Balaban J connectivity index is 1.37. The summed E-state index contributed by atoms with van der Waals surface area (Å²) in [7, 11) is 0. The Morgan fingerprint density at radius 2 is 1.27 bits per heavy atom. The normalized spacial score (nSPS) is 13.6. The van der Waals surface area contributed by atoms with Crippen molar-refractivity contribution in [3.05, 3.63) is 84.4 Å². The first kappa shape index (κ1) is 19.2. The molecule has 0 atom stereocenters. The molecule has 1 aliphatic carbocycles. The number of carbonyl (C=O) groups excluding carboxylic acids is 2. The molecule has 4 rings (SSSR count). The number of anilines is 2. The molecule has 1 saturated carbocycles. The Hall–Kier alpha value is -4.11. The standard InChI is InChI=1S/C24H19N3O3/c25-16-17-6-8-18(9-7-17)26-22(28)24(14-15-24)23(29)27-19-10-12-21(13-11-19)30-20-4-2-1-3-5-20/h1-13H,14-15H2,(H,26,28)(H,27,29). The van der Waals surface area contributed by atoms with Crippen LogP contribution in [0.5, 0.6) is 11.5 Å². The van der Waals surface area contributed by atoms with E-state index in [9.17, 15) is 9.59 Å². The molecule has 1 fully saturated rings. The van der Waals surface area contributed by atoms with Gasteiger partial charge >= 0.3 is 0 Å². The van der Waals surface area contributed by atoms with Crippen molar-refractivity contribution < 1.29 is 14.3 Å². The molecule has 3 aromatic carbocycles. The molecule has 0 radical (unpaired) electrons. The Labute approximate surface area is 174 Å². The lowest BCUT2D eigenvalue weighted by Crippen LogP contribution is -2.35. The van der Waals surface area contributed by atoms with Gasteiger partial charge in [-0.25, -0.2) is 0 Å². The lowest BCUT2D eigenvalue weighted by molar-refractivity contribution is -0.131. The highest BCUT2D eigenvalue weighted by molar-refractivity contribution is 6.16. The summed E-state index contributed by atoms with van der Waals surface area (Å²) in [6, 6.07) is 25.0. The number of amides is 2. The Morgan fingerprint density at radius 3 is 1.77 bits per heavy atom. The smallest absolute Gasteiger partial charge is 0.240 e. The van der Waals surface area contributed by atoms with Gasteiger partial charge in [-0.3, -0.25) is 9.59 Å². The Morgan fingerprint density at radius 1 is 0.767 bits per heavy atom. The van der Waals surface area contributed by atoms with Crippen molar-refractivity contribution in [2.45, 2.75) is 12.8 Å². The molecule has 30 heavy (non-hydrogen) atoms. The summed E-state index contributed by atoms with van der Waals surface area (Å²) >= 11 is 0. The number of nitriles is 1. The highest BCUT2D eigenvalue weighted by Crippen LogP contribution is 2.47. The highest BCUT2D eigenvalue weighted by atomic mass is 16.5. The number of ether oxygens (including phenoxy) is 1. The second kappa shape index (κ2) is 8.10. The van der Waals surface area contributed by atoms with Crippen LogP contribution in [0.4, 0.5) is 11.4 Å². The van der Waals surface area contributed by atoms with Gasteiger partial charge in [0.15, 0.2) is 0 Å². The lowest BCUT2D eigenvalue weighted by Gasteiger charge is -2.16. The molecule has 1 aliphatic rings. The summed E-state index contributed by atoms with van der Waals surface area (Å²) < 4.78 is 5.74. The lowest BCUT2D eigenvalue weighted by atomic mass is 10.0. The zero-order chi connectivity index (χ0) is 21.0.